The van der Waals surface area contributed by atoms with Crippen molar-refractivity contribution >= 4 is 22.8 Å². The Balaban J connectivity index is 1.25. The molecular formula is C26H22N2O7. The molecule has 1 aliphatic heterocycles. The van der Waals surface area contributed by atoms with Crippen LogP contribution in [0.1, 0.15) is 10.6 Å². The van der Waals surface area contributed by atoms with Crippen molar-refractivity contribution in [3.8, 4) is 22.8 Å². The second-order valence-corrected chi connectivity index (χ2v) is 8.10. The number of furan rings is 1. The first-order valence-electron chi connectivity index (χ1n) is 11.1. The standard InChI is InChI=1S/C26H22N2O7/c29-19-13-18(14-23-25(19)20(30)15-22(35-23)17-5-2-1-3-6-17)34-16-24(31)27-8-10-28(11-9-27)26(32)21-7-4-12-33-21/h1-7,12-15,29H,8-11,16H2. The number of benzene rings is 2. The second-order valence-electron chi connectivity index (χ2n) is 8.10. The molecule has 9 nitrogen and oxygen atoms in total. The van der Waals surface area contributed by atoms with Crippen LogP contribution in [-0.2, 0) is 4.79 Å². The fourth-order valence-corrected chi connectivity index (χ4v) is 4.02. The summed E-state index contributed by atoms with van der Waals surface area (Å²) in [5, 5.41) is 10.4. The number of ether oxygens (including phenoxy) is 1. The van der Waals surface area contributed by atoms with Gasteiger partial charge in [0.05, 0.1) is 6.26 Å². The van der Waals surface area contributed by atoms with Gasteiger partial charge in [0.2, 0.25) is 0 Å². The van der Waals surface area contributed by atoms with Gasteiger partial charge in [-0.1, -0.05) is 30.3 Å². The average Bonchev–Trinajstić information content (AvgIpc) is 3.42. The third kappa shape index (κ3) is 4.61. The molecule has 0 unspecified atom stereocenters. The van der Waals surface area contributed by atoms with Crippen LogP contribution in [0.25, 0.3) is 22.3 Å². The third-order valence-corrected chi connectivity index (χ3v) is 5.86. The Hall–Kier alpha value is -4.53. The number of hydrogen-bond donors (Lipinski definition) is 1. The molecule has 1 N–H and O–H groups in total. The van der Waals surface area contributed by atoms with Crippen molar-refractivity contribution in [2.24, 2.45) is 0 Å². The first kappa shape index (κ1) is 22.3. The zero-order valence-corrected chi connectivity index (χ0v) is 18.7. The van der Waals surface area contributed by atoms with E-state index in [9.17, 15) is 19.5 Å². The van der Waals surface area contributed by atoms with E-state index in [-0.39, 0.29) is 52.1 Å². The number of phenols is 1. The maximum atomic E-state index is 12.7. The Morgan fingerprint density at radius 3 is 2.40 bits per heavy atom. The molecule has 0 atom stereocenters. The van der Waals surface area contributed by atoms with Crippen LogP contribution in [0.5, 0.6) is 11.5 Å². The summed E-state index contributed by atoms with van der Waals surface area (Å²) in [6.07, 6.45) is 1.45. The lowest BCUT2D eigenvalue weighted by atomic mass is 10.1. The van der Waals surface area contributed by atoms with Crippen molar-refractivity contribution in [1.82, 2.24) is 9.80 Å². The number of carbonyl (C=O) groups is 2. The van der Waals surface area contributed by atoms with Crippen molar-refractivity contribution in [1.29, 1.82) is 0 Å². The molecule has 178 valence electrons. The van der Waals surface area contributed by atoms with Crippen molar-refractivity contribution in [3.05, 3.63) is 82.9 Å². The van der Waals surface area contributed by atoms with E-state index in [4.69, 9.17) is 13.6 Å². The largest absolute Gasteiger partial charge is 0.507 e. The normalized spacial score (nSPS) is 13.7. The SMILES string of the molecule is O=C(COc1cc(O)c2c(=O)cc(-c3ccccc3)oc2c1)N1CCN(C(=O)c2ccco2)CC1. The molecule has 2 amide bonds. The monoisotopic (exact) mass is 474 g/mol. The Morgan fingerprint density at radius 2 is 1.69 bits per heavy atom. The summed E-state index contributed by atoms with van der Waals surface area (Å²) in [6, 6.07) is 16.5. The highest BCUT2D eigenvalue weighted by molar-refractivity contribution is 5.91. The molecule has 0 bridgehead atoms. The summed E-state index contributed by atoms with van der Waals surface area (Å²) in [7, 11) is 0. The molecular weight excluding hydrogens is 452 g/mol. The van der Waals surface area contributed by atoms with Gasteiger partial charge >= 0.3 is 0 Å². The predicted octanol–water partition coefficient (Wildman–Crippen LogP) is 3.12. The Kier molecular flexibility index (Phi) is 5.97. The number of nitrogens with zero attached hydrogens (tertiary/aromatic N) is 2. The van der Waals surface area contributed by atoms with E-state index in [0.29, 0.717) is 31.9 Å². The molecule has 1 fully saturated rings. The summed E-state index contributed by atoms with van der Waals surface area (Å²) in [4.78, 5) is 40.9. The third-order valence-electron chi connectivity index (χ3n) is 5.86. The number of phenolic OH excluding ortho intramolecular Hbond substituents is 1. The lowest BCUT2D eigenvalue weighted by Gasteiger charge is -2.34. The van der Waals surface area contributed by atoms with Gasteiger partial charge in [-0.15, -0.1) is 0 Å². The van der Waals surface area contributed by atoms with E-state index in [1.165, 1.54) is 24.5 Å². The van der Waals surface area contributed by atoms with Gasteiger partial charge < -0.3 is 28.5 Å². The van der Waals surface area contributed by atoms with Gasteiger partial charge in [0, 0.05) is 49.9 Å². The smallest absolute Gasteiger partial charge is 0.289 e. The van der Waals surface area contributed by atoms with Gasteiger partial charge in [-0.05, 0) is 12.1 Å². The molecule has 1 aliphatic rings. The Morgan fingerprint density at radius 1 is 0.943 bits per heavy atom. The molecule has 0 saturated carbocycles. The number of piperazine rings is 1. The molecule has 4 aromatic rings. The van der Waals surface area contributed by atoms with Gasteiger partial charge in [0.15, 0.2) is 17.8 Å². The van der Waals surface area contributed by atoms with Crippen molar-refractivity contribution < 1.29 is 28.3 Å². The summed E-state index contributed by atoms with van der Waals surface area (Å²) < 4.78 is 16.6. The van der Waals surface area contributed by atoms with Crippen molar-refractivity contribution in [2.75, 3.05) is 32.8 Å². The highest BCUT2D eigenvalue weighted by Crippen LogP contribution is 2.31. The van der Waals surface area contributed by atoms with Gasteiger partial charge in [0.1, 0.15) is 28.2 Å². The van der Waals surface area contributed by atoms with Crippen LogP contribution in [0, 0.1) is 0 Å². The van der Waals surface area contributed by atoms with Gasteiger partial charge in [-0.3, -0.25) is 14.4 Å². The molecule has 35 heavy (non-hydrogen) atoms. The number of rotatable bonds is 5. The molecule has 0 spiro atoms. The van der Waals surface area contributed by atoms with Crippen molar-refractivity contribution in [3.63, 3.8) is 0 Å². The minimum atomic E-state index is -0.382. The molecule has 3 heterocycles. The summed E-state index contributed by atoms with van der Waals surface area (Å²) in [5.74, 6) is 0.0752. The summed E-state index contributed by atoms with van der Waals surface area (Å²) in [5.41, 5.74) is 0.494. The molecule has 2 aromatic carbocycles. The topological polar surface area (TPSA) is 113 Å². The maximum Gasteiger partial charge on any atom is 0.289 e. The second kappa shape index (κ2) is 9.38. The molecule has 1 saturated heterocycles. The molecule has 9 heteroatoms. The van der Waals surface area contributed by atoms with Gasteiger partial charge in [-0.25, -0.2) is 0 Å². The van der Waals surface area contributed by atoms with Gasteiger partial charge in [0.25, 0.3) is 11.8 Å². The summed E-state index contributed by atoms with van der Waals surface area (Å²) >= 11 is 0. The first-order valence-corrected chi connectivity index (χ1v) is 11.1. The lowest BCUT2D eigenvalue weighted by Crippen LogP contribution is -2.51. The maximum absolute atomic E-state index is 12.7. The number of fused-ring (bicyclic) bond motifs is 1. The van der Waals surface area contributed by atoms with Crippen LogP contribution in [0.4, 0.5) is 0 Å². The van der Waals surface area contributed by atoms with Crippen LogP contribution in [-0.4, -0.2) is 59.5 Å². The average molecular weight is 474 g/mol. The number of hydrogen-bond acceptors (Lipinski definition) is 7. The van der Waals surface area contributed by atoms with E-state index in [1.54, 1.807) is 21.9 Å². The fourth-order valence-electron chi connectivity index (χ4n) is 4.02. The molecule has 0 radical (unpaired) electrons. The van der Waals surface area contributed by atoms with E-state index in [1.807, 2.05) is 30.3 Å². The number of amides is 2. The van der Waals surface area contributed by atoms with Gasteiger partial charge in [-0.2, -0.15) is 0 Å². The van der Waals surface area contributed by atoms with Crippen LogP contribution in [0.3, 0.4) is 0 Å². The zero-order chi connectivity index (χ0) is 24.4. The Labute approximate surface area is 199 Å². The minimum absolute atomic E-state index is 0.0423. The Bertz CT molecular complexity index is 1420. The number of carbonyl (C=O) groups excluding carboxylic acids is 2. The van der Waals surface area contributed by atoms with E-state index in [0.717, 1.165) is 5.56 Å². The van der Waals surface area contributed by atoms with E-state index < -0.39 is 0 Å². The molecule has 2 aromatic heterocycles. The van der Waals surface area contributed by atoms with Crippen molar-refractivity contribution in [2.45, 2.75) is 0 Å². The zero-order valence-electron chi connectivity index (χ0n) is 18.7. The summed E-state index contributed by atoms with van der Waals surface area (Å²) in [6.45, 7) is 1.24. The number of aromatic hydroxyl groups is 1. The van der Waals surface area contributed by atoms with E-state index >= 15 is 0 Å². The molecule has 5 rings (SSSR count). The molecule has 0 aliphatic carbocycles. The van der Waals surface area contributed by atoms with Crippen LogP contribution < -0.4 is 10.2 Å². The predicted molar refractivity (Wildman–Crippen MR) is 126 cm³/mol. The lowest BCUT2D eigenvalue weighted by molar-refractivity contribution is -0.134. The van der Waals surface area contributed by atoms with Crippen LogP contribution in [0.2, 0.25) is 0 Å². The minimum Gasteiger partial charge on any atom is -0.507 e. The van der Waals surface area contributed by atoms with E-state index in [2.05, 4.69) is 0 Å². The highest BCUT2D eigenvalue weighted by Gasteiger charge is 2.26. The first-order chi connectivity index (χ1) is 17.0. The van der Waals surface area contributed by atoms with Crippen LogP contribution in [0.15, 0.2) is 80.6 Å². The quantitative estimate of drug-likeness (QED) is 0.473. The highest BCUT2D eigenvalue weighted by atomic mass is 16.5. The fraction of sp³-hybridized carbons (Fsp3) is 0.192. The van der Waals surface area contributed by atoms with Crippen LogP contribution >= 0.6 is 0 Å².